The summed E-state index contributed by atoms with van der Waals surface area (Å²) in [4.78, 5) is 15.1. The number of carbonyl (C=O) groups is 1. The molecular formula is C9H14N4O2. The van der Waals surface area contributed by atoms with Crippen molar-refractivity contribution in [3.05, 3.63) is 12.2 Å². The molecule has 0 aromatic carbocycles. The fourth-order valence-electron chi connectivity index (χ4n) is 1.20. The molecule has 82 valence electrons. The van der Waals surface area contributed by atoms with Gasteiger partial charge in [0.1, 0.15) is 0 Å². The van der Waals surface area contributed by atoms with Gasteiger partial charge in [-0.05, 0) is 12.8 Å². The Kier molecular flexibility index (Phi) is 3.29. The molecule has 1 aromatic heterocycles. The number of aromatic nitrogens is 2. The predicted octanol–water partition coefficient (Wildman–Crippen LogP) is -0.172. The molecule has 15 heavy (non-hydrogen) atoms. The molecule has 1 fully saturated rings. The van der Waals surface area contributed by atoms with Crippen LogP contribution >= 0.6 is 0 Å². The van der Waals surface area contributed by atoms with Crippen LogP contribution in [0.3, 0.4) is 0 Å². The summed E-state index contributed by atoms with van der Waals surface area (Å²) in [6, 6.07) is 0.440. The van der Waals surface area contributed by atoms with Crippen molar-refractivity contribution in [2.45, 2.75) is 31.8 Å². The molecule has 6 nitrogen and oxygen atoms in total. The lowest BCUT2D eigenvalue weighted by atomic mass is 10.4. The van der Waals surface area contributed by atoms with Crippen molar-refractivity contribution in [3.8, 4) is 0 Å². The number of carbonyl (C=O) groups excluding carboxylic acids is 1. The third-order valence-electron chi connectivity index (χ3n) is 2.16. The lowest BCUT2D eigenvalue weighted by molar-refractivity contribution is -0.121. The van der Waals surface area contributed by atoms with E-state index in [0.717, 1.165) is 12.8 Å². The third-order valence-corrected chi connectivity index (χ3v) is 2.16. The zero-order chi connectivity index (χ0) is 10.5. The van der Waals surface area contributed by atoms with E-state index in [2.05, 4.69) is 25.3 Å². The first-order valence-corrected chi connectivity index (χ1v) is 5.10. The van der Waals surface area contributed by atoms with Crippen LogP contribution in [-0.2, 0) is 11.3 Å². The van der Waals surface area contributed by atoms with Crippen LogP contribution in [0.5, 0.6) is 0 Å². The Hall–Kier alpha value is -1.43. The number of hydrogen-bond donors (Lipinski definition) is 2. The molecule has 6 heteroatoms. The maximum atomic E-state index is 11.3. The summed E-state index contributed by atoms with van der Waals surface area (Å²) >= 11 is 0. The van der Waals surface area contributed by atoms with Gasteiger partial charge in [-0.25, -0.2) is 0 Å². The van der Waals surface area contributed by atoms with E-state index in [1.165, 1.54) is 6.39 Å². The highest BCUT2D eigenvalue weighted by Crippen LogP contribution is 2.18. The molecule has 0 atom stereocenters. The first-order chi connectivity index (χ1) is 7.34. The van der Waals surface area contributed by atoms with Gasteiger partial charge in [0, 0.05) is 19.0 Å². The van der Waals surface area contributed by atoms with Crippen molar-refractivity contribution in [2.24, 2.45) is 0 Å². The highest BCUT2D eigenvalue weighted by molar-refractivity contribution is 5.76. The van der Waals surface area contributed by atoms with E-state index in [4.69, 9.17) is 0 Å². The number of nitrogens with one attached hydrogen (secondary N) is 2. The van der Waals surface area contributed by atoms with Gasteiger partial charge in [-0.3, -0.25) is 4.79 Å². The van der Waals surface area contributed by atoms with Crippen LogP contribution < -0.4 is 10.6 Å². The van der Waals surface area contributed by atoms with Crippen molar-refractivity contribution < 1.29 is 9.32 Å². The maximum absolute atomic E-state index is 11.3. The lowest BCUT2D eigenvalue weighted by Crippen LogP contribution is -2.29. The van der Waals surface area contributed by atoms with Crippen molar-refractivity contribution >= 4 is 5.91 Å². The standard InChI is InChI=1S/C9H14N4O2/c14-9(12-7-1-2-7)3-4-10-5-8-11-6-15-13-8/h6-7,10H,1-5H2,(H,12,14). The highest BCUT2D eigenvalue weighted by atomic mass is 16.5. The molecule has 1 saturated carbocycles. The molecule has 2 rings (SSSR count). The molecule has 2 N–H and O–H groups in total. The Morgan fingerprint density at radius 3 is 3.13 bits per heavy atom. The number of hydrogen-bond acceptors (Lipinski definition) is 5. The molecular weight excluding hydrogens is 196 g/mol. The second-order valence-electron chi connectivity index (χ2n) is 3.62. The largest absolute Gasteiger partial charge is 0.353 e. The quantitative estimate of drug-likeness (QED) is 0.637. The molecule has 0 unspecified atom stereocenters. The topological polar surface area (TPSA) is 80.1 Å². The predicted molar refractivity (Wildman–Crippen MR) is 51.8 cm³/mol. The molecule has 0 aliphatic heterocycles. The zero-order valence-corrected chi connectivity index (χ0v) is 8.40. The summed E-state index contributed by atoms with van der Waals surface area (Å²) in [7, 11) is 0. The Bertz CT molecular complexity index is 308. The summed E-state index contributed by atoms with van der Waals surface area (Å²) in [6.07, 6.45) is 4.04. The van der Waals surface area contributed by atoms with Gasteiger partial charge in [-0.2, -0.15) is 4.98 Å². The zero-order valence-electron chi connectivity index (χ0n) is 8.40. The smallest absolute Gasteiger partial charge is 0.221 e. The van der Waals surface area contributed by atoms with Gasteiger partial charge in [0.25, 0.3) is 0 Å². The van der Waals surface area contributed by atoms with E-state index in [1.807, 2.05) is 0 Å². The molecule has 0 radical (unpaired) electrons. The van der Waals surface area contributed by atoms with Crippen molar-refractivity contribution in [1.29, 1.82) is 0 Å². The van der Waals surface area contributed by atoms with E-state index in [9.17, 15) is 4.79 Å². The Labute approximate surface area is 87.4 Å². The van der Waals surface area contributed by atoms with Gasteiger partial charge < -0.3 is 15.2 Å². The van der Waals surface area contributed by atoms with Gasteiger partial charge in [0.15, 0.2) is 5.82 Å². The fourth-order valence-corrected chi connectivity index (χ4v) is 1.20. The van der Waals surface area contributed by atoms with Crippen LogP contribution in [0.15, 0.2) is 10.9 Å². The van der Waals surface area contributed by atoms with Gasteiger partial charge in [-0.1, -0.05) is 5.16 Å². The van der Waals surface area contributed by atoms with Crippen molar-refractivity contribution in [2.75, 3.05) is 6.54 Å². The average molecular weight is 210 g/mol. The van der Waals surface area contributed by atoms with E-state index >= 15 is 0 Å². The van der Waals surface area contributed by atoms with Gasteiger partial charge in [0.05, 0.1) is 6.54 Å². The molecule has 1 aliphatic carbocycles. The van der Waals surface area contributed by atoms with E-state index in [0.29, 0.717) is 31.4 Å². The molecule has 0 bridgehead atoms. The van der Waals surface area contributed by atoms with E-state index in [1.54, 1.807) is 0 Å². The summed E-state index contributed by atoms with van der Waals surface area (Å²) in [5.74, 6) is 0.718. The van der Waals surface area contributed by atoms with Crippen LogP contribution in [-0.4, -0.2) is 28.6 Å². The van der Waals surface area contributed by atoms with Crippen LogP contribution in [0.25, 0.3) is 0 Å². The van der Waals surface area contributed by atoms with Crippen molar-refractivity contribution in [1.82, 2.24) is 20.8 Å². The lowest BCUT2D eigenvalue weighted by Gasteiger charge is -2.03. The summed E-state index contributed by atoms with van der Waals surface area (Å²) < 4.78 is 4.57. The minimum atomic E-state index is 0.109. The molecule has 0 saturated heterocycles. The first kappa shape index (κ1) is 10.1. The van der Waals surface area contributed by atoms with E-state index < -0.39 is 0 Å². The van der Waals surface area contributed by atoms with Crippen LogP contribution in [0.4, 0.5) is 0 Å². The van der Waals surface area contributed by atoms with Gasteiger partial charge >= 0.3 is 0 Å². The normalized spacial score (nSPS) is 15.2. The van der Waals surface area contributed by atoms with Crippen LogP contribution in [0, 0.1) is 0 Å². The Morgan fingerprint density at radius 2 is 2.47 bits per heavy atom. The Morgan fingerprint density at radius 1 is 1.60 bits per heavy atom. The molecule has 1 aliphatic rings. The fraction of sp³-hybridized carbons (Fsp3) is 0.667. The van der Waals surface area contributed by atoms with Crippen LogP contribution in [0.1, 0.15) is 25.1 Å². The average Bonchev–Trinajstić information content (AvgIpc) is 2.87. The highest BCUT2D eigenvalue weighted by Gasteiger charge is 2.22. The molecule has 1 aromatic rings. The third kappa shape index (κ3) is 3.67. The molecule has 1 amide bonds. The monoisotopic (exact) mass is 210 g/mol. The minimum Gasteiger partial charge on any atom is -0.353 e. The summed E-state index contributed by atoms with van der Waals surface area (Å²) in [6.45, 7) is 1.17. The van der Waals surface area contributed by atoms with Crippen molar-refractivity contribution in [3.63, 3.8) is 0 Å². The first-order valence-electron chi connectivity index (χ1n) is 5.10. The Balaban J connectivity index is 1.52. The number of nitrogens with zero attached hydrogens (tertiary/aromatic N) is 2. The van der Waals surface area contributed by atoms with E-state index in [-0.39, 0.29) is 5.91 Å². The minimum absolute atomic E-state index is 0.109. The van der Waals surface area contributed by atoms with Gasteiger partial charge in [-0.15, -0.1) is 0 Å². The molecule has 0 spiro atoms. The molecule has 1 heterocycles. The number of amides is 1. The maximum Gasteiger partial charge on any atom is 0.221 e. The van der Waals surface area contributed by atoms with Crippen LogP contribution in [0.2, 0.25) is 0 Å². The summed E-state index contributed by atoms with van der Waals surface area (Å²) in [5, 5.41) is 9.63. The SMILES string of the molecule is O=C(CCNCc1ncon1)NC1CC1. The van der Waals surface area contributed by atoms with Gasteiger partial charge in [0.2, 0.25) is 12.3 Å². The number of rotatable bonds is 6. The second-order valence-corrected chi connectivity index (χ2v) is 3.62. The second kappa shape index (κ2) is 4.88. The summed E-state index contributed by atoms with van der Waals surface area (Å²) in [5.41, 5.74) is 0.